The van der Waals surface area contributed by atoms with E-state index >= 15 is 0 Å². The van der Waals surface area contributed by atoms with Crippen LogP contribution in [0.3, 0.4) is 0 Å². The molecule has 0 aromatic heterocycles. The molecule has 0 radical (unpaired) electrons. The first-order chi connectivity index (χ1) is 30.3. The number of hydrogen-bond donors (Lipinski definition) is 0. The first-order valence-electron chi connectivity index (χ1n) is 21.7. The maximum Gasteiger partial charge on any atom is 0.193 e. The van der Waals surface area contributed by atoms with Crippen molar-refractivity contribution in [3.8, 4) is 23.0 Å². The van der Waals surface area contributed by atoms with Crippen LogP contribution in [0.15, 0.2) is 187 Å². The molecule has 0 heterocycles. The van der Waals surface area contributed by atoms with Crippen LogP contribution >= 0.6 is 0 Å². The van der Waals surface area contributed by atoms with Crippen LogP contribution in [0.25, 0.3) is 0 Å². The van der Waals surface area contributed by atoms with Gasteiger partial charge < -0.3 is 9.47 Å². The second-order valence-electron chi connectivity index (χ2n) is 16.1. The third-order valence-corrected chi connectivity index (χ3v) is 11.5. The number of fused-ring (bicyclic) bond motifs is 1. The predicted octanol–water partition coefficient (Wildman–Crippen LogP) is 14.4. The van der Waals surface area contributed by atoms with Crippen LogP contribution in [0.4, 0.5) is 0 Å². The van der Waals surface area contributed by atoms with Gasteiger partial charge in [-0.1, -0.05) is 139 Å². The fourth-order valence-corrected chi connectivity index (χ4v) is 6.81. The standard InChI is InChI=1S/C31H34O4.C24H18O2.C2H6/c1-7-30(4,5)29(34)24-11-9-22(10-12-24)28(33)23-13-17-26(18-14-23)35-27-19-15-25(16-20-27)31(6,8-2)21(3)32;25-24(21-11-10-18-6-4-5-7-19(16-18)17-21)20-12-14-23(15-13-20)26-22-8-2-1-3-9-22;1-2/h9-20H,7-8H2,1-6H3;1-18H;1-2H3. The Morgan fingerprint density at radius 3 is 1.52 bits per heavy atom. The number of rotatable bonds is 14. The summed E-state index contributed by atoms with van der Waals surface area (Å²) in [5.74, 6) is 3.09. The lowest BCUT2D eigenvalue weighted by Crippen LogP contribution is -2.29. The van der Waals surface area contributed by atoms with Crippen molar-refractivity contribution in [2.24, 2.45) is 11.3 Å². The van der Waals surface area contributed by atoms with Crippen molar-refractivity contribution in [1.29, 1.82) is 0 Å². The third kappa shape index (κ3) is 12.1. The highest BCUT2D eigenvalue weighted by Crippen LogP contribution is 2.32. The van der Waals surface area contributed by atoms with Gasteiger partial charge in [0.05, 0.1) is 5.41 Å². The second kappa shape index (κ2) is 21.7. The lowest BCUT2D eigenvalue weighted by Gasteiger charge is -2.25. The number of carbonyl (C=O) groups excluding carboxylic acids is 4. The van der Waals surface area contributed by atoms with Crippen molar-refractivity contribution in [2.75, 3.05) is 0 Å². The Hall–Kier alpha value is -6.92. The highest BCUT2D eigenvalue weighted by atomic mass is 16.5. The molecule has 0 amide bonds. The maximum absolute atomic E-state index is 12.9. The molecular formula is C57H58O6. The number of benzene rings is 5. The van der Waals surface area contributed by atoms with E-state index in [-0.39, 0.29) is 29.1 Å². The molecule has 7 rings (SSSR count). The molecule has 2 unspecified atom stereocenters. The molecule has 6 heteroatoms. The summed E-state index contributed by atoms with van der Waals surface area (Å²) in [6, 6.07) is 38.3. The molecule has 0 saturated heterocycles. The number of Topliss-reactive ketones (excluding diaryl/α,β-unsaturated/α-hetero) is 3. The number of hydrogen-bond acceptors (Lipinski definition) is 6. The average molecular weight is 839 g/mol. The zero-order valence-corrected chi connectivity index (χ0v) is 37.7. The van der Waals surface area contributed by atoms with E-state index in [1.54, 1.807) is 55.5 Å². The minimum absolute atomic E-state index is 0.0111. The van der Waals surface area contributed by atoms with Crippen molar-refractivity contribution in [3.63, 3.8) is 0 Å². The molecule has 2 bridgehead atoms. The van der Waals surface area contributed by atoms with E-state index in [9.17, 15) is 19.2 Å². The Kier molecular flexibility index (Phi) is 16.3. The molecule has 0 aliphatic heterocycles. The molecule has 5 aromatic rings. The maximum atomic E-state index is 12.9. The van der Waals surface area contributed by atoms with Gasteiger partial charge in [-0.05, 0) is 117 Å². The fraction of sp³-hybridized carbons (Fsp3) is 0.228. The van der Waals surface area contributed by atoms with Crippen LogP contribution < -0.4 is 9.47 Å². The number of allylic oxidation sites excluding steroid dienone is 10. The summed E-state index contributed by atoms with van der Waals surface area (Å²) >= 11 is 0. The summed E-state index contributed by atoms with van der Waals surface area (Å²) in [5.41, 5.74) is 4.12. The molecule has 322 valence electrons. The van der Waals surface area contributed by atoms with E-state index in [0.717, 1.165) is 29.7 Å². The molecule has 5 aromatic carbocycles. The molecular weight excluding hydrogens is 781 g/mol. The Balaban J connectivity index is 0.000000237. The second-order valence-corrected chi connectivity index (χ2v) is 16.1. The molecule has 2 atom stereocenters. The van der Waals surface area contributed by atoms with Crippen LogP contribution in [0.1, 0.15) is 110 Å². The molecule has 6 nitrogen and oxygen atoms in total. The Labute approximate surface area is 373 Å². The normalized spacial score (nSPS) is 14.7. The molecule has 0 spiro atoms. The highest BCUT2D eigenvalue weighted by molar-refractivity contribution is 6.11. The Morgan fingerprint density at radius 1 is 0.540 bits per heavy atom. The summed E-state index contributed by atoms with van der Waals surface area (Å²) in [6.07, 6.45) is 17.7. The van der Waals surface area contributed by atoms with Gasteiger partial charge >= 0.3 is 0 Å². The minimum atomic E-state index is -0.502. The molecule has 2 aliphatic carbocycles. The van der Waals surface area contributed by atoms with E-state index in [4.69, 9.17) is 9.47 Å². The topological polar surface area (TPSA) is 86.7 Å². The monoisotopic (exact) mass is 838 g/mol. The average Bonchev–Trinajstić information content (AvgIpc) is 3.68. The van der Waals surface area contributed by atoms with E-state index in [1.807, 2.05) is 164 Å². The van der Waals surface area contributed by atoms with Gasteiger partial charge in [-0.25, -0.2) is 0 Å². The molecule has 0 saturated carbocycles. The van der Waals surface area contributed by atoms with E-state index in [0.29, 0.717) is 45.1 Å². The first-order valence-corrected chi connectivity index (χ1v) is 21.7. The van der Waals surface area contributed by atoms with Gasteiger partial charge in [-0.3, -0.25) is 19.2 Å². The molecule has 0 N–H and O–H groups in total. The summed E-state index contributed by atoms with van der Waals surface area (Å²) < 4.78 is 11.7. The van der Waals surface area contributed by atoms with Crippen LogP contribution in [0, 0.1) is 11.3 Å². The molecule has 0 fully saturated rings. The largest absolute Gasteiger partial charge is 0.457 e. The lowest BCUT2D eigenvalue weighted by molar-refractivity contribution is -0.122. The smallest absolute Gasteiger partial charge is 0.193 e. The minimum Gasteiger partial charge on any atom is -0.457 e. The number of para-hydroxylation sites is 1. The van der Waals surface area contributed by atoms with Crippen molar-refractivity contribution < 1.29 is 28.7 Å². The van der Waals surface area contributed by atoms with Crippen LogP contribution in [0.5, 0.6) is 23.0 Å². The van der Waals surface area contributed by atoms with Crippen LogP contribution in [-0.2, 0) is 10.2 Å². The first kappa shape index (κ1) is 47.1. The van der Waals surface area contributed by atoms with Crippen LogP contribution in [0.2, 0.25) is 0 Å². The quantitative estimate of drug-likeness (QED) is 0.104. The predicted molar refractivity (Wildman–Crippen MR) is 255 cm³/mol. The number of ether oxygens (including phenoxy) is 2. The van der Waals surface area contributed by atoms with Gasteiger partial charge in [0.25, 0.3) is 0 Å². The fourth-order valence-electron chi connectivity index (χ4n) is 6.81. The van der Waals surface area contributed by atoms with Gasteiger partial charge in [0.15, 0.2) is 17.3 Å². The molecule has 2 aliphatic rings. The van der Waals surface area contributed by atoms with Gasteiger partial charge in [-0.15, -0.1) is 0 Å². The van der Waals surface area contributed by atoms with Gasteiger partial charge in [0.2, 0.25) is 0 Å². The highest BCUT2D eigenvalue weighted by Gasteiger charge is 2.30. The van der Waals surface area contributed by atoms with Gasteiger partial charge in [0, 0.05) is 39.2 Å². The molecule has 63 heavy (non-hydrogen) atoms. The zero-order valence-electron chi connectivity index (χ0n) is 37.7. The van der Waals surface area contributed by atoms with Gasteiger partial charge in [-0.2, -0.15) is 0 Å². The SMILES string of the molecule is CC.CCC(C)(C)C(=O)c1ccc(C(=O)c2ccc(Oc3ccc(C(C)(CC)C(C)=O)cc3)cc2)cc1.O=C(C1=CC2=CC(C=CC=C2)C=C1)c1ccc(Oc2ccccc2)cc1. The summed E-state index contributed by atoms with van der Waals surface area (Å²) in [4.78, 5) is 50.5. The van der Waals surface area contributed by atoms with Crippen molar-refractivity contribution in [3.05, 3.63) is 215 Å². The summed E-state index contributed by atoms with van der Waals surface area (Å²) in [5, 5.41) is 0. The van der Waals surface area contributed by atoms with Gasteiger partial charge in [0.1, 0.15) is 28.8 Å². The zero-order chi connectivity index (χ0) is 45.6. The third-order valence-electron chi connectivity index (χ3n) is 11.5. The van der Waals surface area contributed by atoms with Crippen LogP contribution in [-0.4, -0.2) is 23.1 Å². The Morgan fingerprint density at radius 2 is 1.02 bits per heavy atom. The number of carbonyl (C=O) groups is 4. The lowest BCUT2D eigenvalue weighted by atomic mass is 9.77. The van der Waals surface area contributed by atoms with Crippen molar-refractivity contribution >= 4 is 23.1 Å². The van der Waals surface area contributed by atoms with Crippen molar-refractivity contribution in [1.82, 2.24) is 0 Å². The Bertz CT molecular complexity index is 2520. The van der Waals surface area contributed by atoms with E-state index in [2.05, 4.69) is 12.2 Å². The number of ketones is 4. The summed E-state index contributed by atoms with van der Waals surface area (Å²) in [6.45, 7) is 15.4. The van der Waals surface area contributed by atoms with Crippen molar-refractivity contribution in [2.45, 2.75) is 73.6 Å². The summed E-state index contributed by atoms with van der Waals surface area (Å²) in [7, 11) is 0. The van der Waals surface area contributed by atoms with E-state index < -0.39 is 10.8 Å². The van der Waals surface area contributed by atoms with E-state index in [1.165, 1.54) is 0 Å².